The fourth-order valence-corrected chi connectivity index (χ4v) is 0. The topological polar surface area (TPSA) is 185 Å². The van der Waals surface area contributed by atoms with Crippen LogP contribution in [-0.2, 0) is 0 Å². The maximum Gasteiger partial charge on any atom is 0.0553 e. The predicted molar refractivity (Wildman–Crippen MR) is 76.1 cm³/mol. The zero-order valence-corrected chi connectivity index (χ0v) is 15.8. The van der Waals surface area contributed by atoms with Gasteiger partial charge in [0.2, 0.25) is 0 Å². The van der Waals surface area contributed by atoms with E-state index in [1.165, 1.54) is 0 Å². The molecule has 12 N–H and O–H groups in total. The quantitative estimate of drug-likeness (QED) is 0.236. The summed E-state index contributed by atoms with van der Waals surface area (Å²) in [6.07, 6.45) is 0. The van der Waals surface area contributed by atoms with Gasteiger partial charge in [0.1, 0.15) is 0 Å². The van der Waals surface area contributed by atoms with E-state index in [4.69, 9.17) is 43.4 Å². The molecule has 0 bridgehead atoms. The third kappa shape index (κ3) is 152. The number of hydrogen-bond donors (Lipinski definition) is 8. The third-order valence-corrected chi connectivity index (χ3v) is 0.516. The van der Waals surface area contributed by atoms with Gasteiger partial charge in [-0.3, -0.25) is 0 Å². The summed E-state index contributed by atoms with van der Waals surface area (Å²) in [4.78, 5) is 0. The van der Waals surface area contributed by atoms with Crippen molar-refractivity contribution in [3.8, 4) is 0 Å². The SMILES string of the molecule is NCCO.NCCO.NCCO.NCCO.[Na].[Na]. The molecule has 0 aromatic rings. The van der Waals surface area contributed by atoms with Crippen LogP contribution in [0.4, 0.5) is 0 Å². The van der Waals surface area contributed by atoms with Crippen molar-refractivity contribution < 1.29 is 20.4 Å². The third-order valence-electron chi connectivity index (χ3n) is 0.516. The van der Waals surface area contributed by atoms with Crippen LogP contribution in [0.25, 0.3) is 0 Å². The van der Waals surface area contributed by atoms with Crippen molar-refractivity contribution in [2.75, 3.05) is 52.6 Å². The Morgan fingerprint density at radius 1 is 0.444 bits per heavy atom. The molecule has 0 spiro atoms. The van der Waals surface area contributed by atoms with Crippen LogP contribution in [0.15, 0.2) is 0 Å². The van der Waals surface area contributed by atoms with E-state index in [0.717, 1.165) is 0 Å². The van der Waals surface area contributed by atoms with Crippen LogP contribution in [0.1, 0.15) is 0 Å². The van der Waals surface area contributed by atoms with Crippen LogP contribution in [0, 0.1) is 0 Å². The molecule has 8 nitrogen and oxygen atoms in total. The minimum atomic E-state index is 0. The van der Waals surface area contributed by atoms with Gasteiger partial charge in [-0.25, -0.2) is 0 Å². The Labute approximate surface area is 154 Å². The van der Waals surface area contributed by atoms with E-state index < -0.39 is 0 Å². The predicted octanol–water partition coefficient (Wildman–Crippen LogP) is -5.01. The number of aliphatic hydroxyl groups is 4. The number of rotatable bonds is 4. The largest absolute Gasteiger partial charge is 0.395 e. The van der Waals surface area contributed by atoms with Crippen molar-refractivity contribution in [3.63, 3.8) is 0 Å². The Morgan fingerprint density at radius 3 is 0.500 bits per heavy atom. The molecule has 0 rings (SSSR count). The van der Waals surface area contributed by atoms with Crippen molar-refractivity contribution >= 4 is 59.1 Å². The van der Waals surface area contributed by atoms with Crippen LogP contribution in [0.5, 0.6) is 0 Å². The first-order valence-electron chi connectivity index (χ1n) is 4.90. The average molecular weight is 290 g/mol. The van der Waals surface area contributed by atoms with E-state index in [9.17, 15) is 0 Å². The van der Waals surface area contributed by atoms with Gasteiger partial charge in [0.15, 0.2) is 0 Å². The second-order valence-corrected chi connectivity index (χ2v) is 2.05. The molecule has 0 heterocycles. The number of nitrogens with two attached hydrogens (primary N) is 4. The molecule has 0 fully saturated rings. The molecule has 106 valence electrons. The summed E-state index contributed by atoms with van der Waals surface area (Å²) in [5.41, 5.74) is 19.1. The van der Waals surface area contributed by atoms with E-state index in [-0.39, 0.29) is 85.5 Å². The van der Waals surface area contributed by atoms with Crippen molar-refractivity contribution in [3.05, 3.63) is 0 Å². The summed E-state index contributed by atoms with van der Waals surface area (Å²) < 4.78 is 0. The van der Waals surface area contributed by atoms with E-state index in [1.54, 1.807) is 0 Å². The molecule has 0 aliphatic heterocycles. The molecule has 0 amide bonds. The average Bonchev–Trinajstić information content (AvgIpc) is 2.39. The second kappa shape index (κ2) is 62.3. The van der Waals surface area contributed by atoms with Gasteiger partial charge in [0.05, 0.1) is 26.4 Å². The summed E-state index contributed by atoms with van der Waals surface area (Å²) in [5.74, 6) is 0. The smallest absolute Gasteiger partial charge is 0.0553 e. The van der Waals surface area contributed by atoms with Gasteiger partial charge in [-0.2, -0.15) is 0 Å². The van der Waals surface area contributed by atoms with Gasteiger partial charge in [0, 0.05) is 85.3 Å². The Balaban J connectivity index is -0.0000000257. The summed E-state index contributed by atoms with van der Waals surface area (Å²) in [7, 11) is 0. The molecular formula is C8H28N4Na2O4. The molecule has 0 aliphatic carbocycles. The van der Waals surface area contributed by atoms with E-state index >= 15 is 0 Å². The summed E-state index contributed by atoms with van der Waals surface area (Å²) in [5, 5.41) is 31.0. The first kappa shape index (κ1) is 36.7. The minimum Gasteiger partial charge on any atom is -0.395 e. The Bertz CT molecular complexity index is 57.1. The molecule has 10 heteroatoms. The van der Waals surface area contributed by atoms with Crippen LogP contribution in [0.2, 0.25) is 0 Å². The molecule has 0 aliphatic rings. The zero-order valence-electron chi connectivity index (χ0n) is 11.8. The molecule has 18 heavy (non-hydrogen) atoms. The molecule has 0 aromatic heterocycles. The van der Waals surface area contributed by atoms with Gasteiger partial charge in [0.25, 0.3) is 0 Å². The monoisotopic (exact) mass is 290 g/mol. The first-order chi connectivity index (χ1) is 7.66. The van der Waals surface area contributed by atoms with Crippen molar-refractivity contribution in [2.24, 2.45) is 22.9 Å². The second-order valence-electron chi connectivity index (χ2n) is 2.05. The van der Waals surface area contributed by atoms with Gasteiger partial charge >= 0.3 is 0 Å². The molecule has 0 aromatic carbocycles. The summed E-state index contributed by atoms with van der Waals surface area (Å²) in [6.45, 7) is 1.89. The Morgan fingerprint density at radius 2 is 0.500 bits per heavy atom. The molecular weight excluding hydrogens is 262 g/mol. The number of hydrogen-bond acceptors (Lipinski definition) is 8. The maximum absolute atomic E-state index is 7.75. The molecule has 0 atom stereocenters. The summed E-state index contributed by atoms with van der Waals surface area (Å²) in [6, 6.07) is 0. The van der Waals surface area contributed by atoms with Gasteiger partial charge < -0.3 is 43.4 Å². The maximum atomic E-state index is 7.75. The van der Waals surface area contributed by atoms with Crippen LogP contribution >= 0.6 is 0 Å². The fourth-order valence-electron chi connectivity index (χ4n) is 0. The van der Waals surface area contributed by atoms with Gasteiger partial charge in [-0.15, -0.1) is 0 Å². The molecule has 2 radical (unpaired) electrons. The van der Waals surface area contributed by atoms with E-state index in [1.807, 2.05) is 0 Å². The fraction of sp³-hybridized carbons (Fsp3) is 1.00. The Kier molecular flexibility index (Phi) is 127. The molecule has 0 saturated heterocycles. The van der Waals surface area contributed by atoms with Crippen LogP contribution < -0.4 is 22.9 Å². The Hall–Kier alpha value is 1.68. The first-order valence-corrected chi connectivity index (χ1v) is 4.90. The van der Waals surface area contributed by atoms with E-state index in [2.05, 4.69) is 0 Å². The van der Waals surface area contributed by atoms with Crippen molar-refractivity contribution in [1.29, 1.82) is 0 Å². The molecule has 0 saturated carbocycles. The van der Waals surface area contributed by atoms with Gasteiger partial charge in [-0.05, 0) is 0 Å². The van der Waals surface area contributed by atoms with Crippen molar-refractivity contribution in [2.45, 2.75) is 0 Å². The van der Waals surface area contributed by atoms with E-state index in [0.29, 0.717) is 26.2 Å². The minimum absolute atomic E-state index is 0. The van der Waals surface area contributed by atoms with Crippen LogP contribution in [-0.4, -0.2) is 132 Å². The number of aliphatic hydroxyl groups excluding tert-OH is 4. The van der Waals surface area contributed by atoms with Crippen molar-refractivity contribution in [1.82, 2.24) is 0 Å². The normalized spacial score (nSPS) is 6.67. The molecule has 0 unspecified atom stereocenters. The van der Waals surface area contributed by atoms with Crippen LogP contribution in [0.3, 0.4) is 0 Å². The standard InChI is InChI=1S/4C2H7NO.2Na/c4*3-1-2-4;;/h4*4H,1-3H2;;. The zero-order chi connectivity index (χ0) is 13.7. The van der Waals surface area contributed by atoms with Gasteiger partial charge in [-0.1, -0.05) is 0 Å². The summed E-state index contributed by atoms with van der Waals surface area (Å²) >= 11 is 0.